The molecule has 0 atom stereocenters. The third-order valence-electron chi connectivity index (χ3n) is 2.43. The maximum absolute atomic E-state index is 11.5. The molecule has 2 aromatic rings. The number of nitrogens with zero attached hydrogens (tertiary/aromatic N) is 3. The van der Waals surface area contributed by atoms with E-state index in [0.29, 0.717) is 11.5 Å². The number of hydrogen-bond acceptors (Lipinski definition) is 6. The smallest absolute Gasteiger partial charge is 0.343 e. The van der Waals surface area contributed by atoms with Gasteiger partial charge in [-0.05, 0) is 19.1 Å². The lowest BCUT2D eigenvalue weighted by atomic mass is 10.2. The minimum atomic E-state index is -0.539. The van der Waals surface area contributed by atoms with Crippen LogP contribution in [0.3, 0.4) is 0 Å². The van der Waals surface area contributed by atoms with Gasteiger partial charge in [0.05, 0.1) is 12.8 Å². The third kappa shape index (κ3) is 2.13. The van der Waals surface area contributed by atoms with Crippen molar-refractivity contribution in [2.45, 2.75) is 6.92 Å². The van der Waals surface area contributed by atoms with Crippen molar-refractivity contribution in [1.29, 1.82) is 0 Å². The fourth-order valence-electron chi connectivity index (χ4n) is 1.57. The Morgan fingerprint density at radius 1 is 1.39 bits per heavy atom. The van der Waals surface area contributed by atoms with Gasteiger partial charge in [0.15, 0.2) is 5.82 Å². The first-order chi connectivity index (χ1) is 8.63. The molecule has 18 heavy (non-hydrogen) atoms. The monoisotopic (exact) mass is 244 g/mol. The number of pyridine rings is 1. The summed E-state index contributed by atoms with van der Waals surface area (Å²) in [6, 6.07) is 3.59. The molecule has 0 fully saturated rings. The first kappa shape index (κ1) is 12.0. The van der Waals surface area contributed by atoms with E-state index >= 15 is 0 Å². The molecule has 2 aromatic heterocycles. The van der Waals surface area contributed by atoms with Gasteiger partial charge in [0, 0.05) is 18.0 Å². The molecule has 0 aliphatic rings. The number of methoxy groups -OCH3 is 1. The first-order valence-corrected chi connectivity index (χ1v) is 5.26. The van der Waals surface area contributed by atoms with Crippen LogP contribution in [-0.4, -0.2) is 28.0 Å². The van der Waals surface area contributed by atoms with E-state index in [4.69, 9.17) is 5.73 Å². The summed E-state index contributed by atoms with van der Waals surface area (Å²) >= 11 is 0. The Morgan fingerprint density at radius 2 is 2.17 bits per heavy atom. The van der Waals surface area contributed by atoms with Crippen molar-refractivity contribution in [3.05, 3.63) is 35.8 Å². The Bertz CT molecular complexity index is 561. The zero-order chi connectivity index (χ0) is 13.1. The number of carbonyl (C=O) groups excluding carboxylic acids is 1. The molecule has 0 amide bonds. The molecule has 0 aliphatic heterocycles. The van der Waals surface area contributed by atoms with Crippen molar-refractivity contribution < 1.29 is 9.53 Å². The molecule has 6 nitrogen and oxygen atoms in total. The quantitative estimate of drug-likeness (QED) is 0.798. The molecule has 0 saturated heterocycles. The van der Waals surface area contributed by atoms with E-state index in [2.05, 4.69) is 19.7 Å². The van der Waals surface area contributed by atoms with Gasteiger partial charge in [-0.2, -0.15) is 0 Å². The average molecular weight is 244 g/mol. The Balaban J connectivity index is 2.53. The topological polar surface area (TPSA) is 91.0 Å². The van der Waals surface area contributed by atoms with Crippen LogP contribution in [0.5, 0.6) is 0 Å². The van der Waals surface area contributed by atoms with E-state index in [0.717, 1.165) is 5.56 Å². The molecule has 2 heterocycles. The predicted molar refractivity (Wildman–Crippen MR) is 65.8 cm³/mol. The average Bonchev–Trinajstić information content (AvgIpc) is 2.38. The highest BCUT2D eigenvalue weighted by Gasteiger charge is 2.17. The van der Waals surface area contributed by atoms with Crippen LogP contribution in [0.1, 0.15) is 16.1 Å². The second kappa shape index (κ2) is 4.79. The van der Waals surface area contributed by atoms with Crippen LogP contribution < -0.4 is 5.73 Å². The zero-order valence-corrected chi connectivity index (χ0v) is 10.0. The molecule has 6 heteroatoms. The number of rotatable bonds is 2. The molecule has 0 unspecified atom stereocenters. The minimum Gasteiger partial charge on any atom is -0.465 e. The van der Waals surface area contributed by atoms with Crippen LogP contribution in [0.4, 0.5) is 5.82 Å². The molecule has 0 spiro atoms. The highest BCUT2D eigenvalue weighted by molar-refractivity contribution is 5.95. The predicted octanol–water partition coefficient (Wildman–Crippen LogP) is 1.22. The maximum Gasteiger partial charge on any atom is 0.343 e. The van der Waals surface area contributed by atoms with E-state index < -0.39 is 5.97 Å². The Labute approximate surface area is 104 Å². The van der Waals surface area contributed by atoms with E-state index in [9.17, 15) is 4.79 Å². The van der Waals surface area contributed by atoms with Crippen LogP contribution >= 0.6 is 0 Å². The number of nitrogens with two attached hydrogens (primary N) is 1. The largest absolute Gasteiger partial charge is 0.465 e. The second-order valence-electron chi connectivity index (χ2n) is 3.63. The number of aryl methyl sites for hydroxylation is 1. The van der Waals surface area contributed by atoms with Gasteiger partial charge in [-0.1, -0.05) is 0 Å². The summed E-state index contributed by atoms with van der Waals surface area (Å²) in [5, 5.41) is 0. The van der Waals surface area contributed by atoms with Crippen LogP contribution in [0, 0.1) is 6.92 Å². The molecular weight excluding hydrogens is 232 g/mol. The van der Waals surface area contributed by atoms with Crippen LogP contribution in [0.2, 0.25) is 0 Å². The number of carbonyl (C=O) groups is 1. The molecular formula is C12H12N4O2. The molecule has 0 radical (unpaired) electrons. The molecule has 0 saturated carbocycles. The zero-order valence-electron chi connectivity index (χ0n) is 10.0. The number of nitrogen functional groups attached to an aromatic ring is 1. The van der Waals surface area contributed by atoms with Gasteiger partial charge in [-0.25, -0.2) is 14.8 Å². The summed E-state index contributed by atoms with van der Waals surface area (Å²) in [6.45, 7) is 1.68. The van der Waals surface area contributed by atoms with Crippen molar-refractivity contribution >= 4 is 11.8 Å². The highest BCUT2D eigenvalue weighted by Crippen LogP contribution is 2.20. The Kier molecular flexibility index (Phi) is 3.18. The van der Waals surface area contributed by atoms with Gasteiger partial charge in [0.1, 0.15) is 11.4 Å². The molecule has 92 valence electrons. The number of aromatic nitrogens is 3. The Morgan fingerprint density at radius 3 is 2.72 bits per heavy atom. The third-order valence-corrected chi connectivity index (χ3v) is 2.43. The van der Waals surface area contributed by atoms with E-state index in [1.807, 2.05) is 6.07 Å². The molecule has 2 N–H and O–H groups in total. The minimum absolute atomic E-state index is 0.105. The molecule has 0 bridgehead atoms. The summed E-state index contributed by atoms with van der Waals surface area (Å²) in [5.41, 5.74) is 7.18. The van der Waals surface area contributed by atoms with Crippen molar-refractivity contribution in [2.24, 2.45) is 0 Å². The summed E-state index contributed by atoms with van der Waals surface area (Å²) in [4.78, 5) is 23.8. The van der Waals surface area contributed by atoms with Crippen molar-refractivity contribution in [3.63, 3.8) is 0 Å². The van der Waals surface area contributed by atoms with Gasteiger partial charge >= 0.3 is 5.97 Å². The fraction of sp³-hybridized carbons (Fsp3) is 0.167. The summed E-state index contributed by atoms with van der Waals surface area (Å²) < 4.78 is 4.63. The maximum atomic E-state index is 11.5. The van der Waals surface area contributed by atoms with Gasteiger partial charge in [0.2, 0.25) is 0 Å². The van der Waals surface area contributed by atoms with Crippen molar-refractivity contribution in [1.82, 2.24) is 15.0 Å². The van der Waals surface area contributed by atoms with Gasteiger partial charge in [-0.15, -0.1) is 0 Å². The second-order valence-corrected chi connectivity index (χ2v) is 3.63. The highest BCUT2D eigenvalue weighted by atomic mass is 16.5. The molecule has 2 rings (SSSR count). The van der Waals surface area contributed by atoms with Crippen LogP contribution in [-0.2, 0) is 4.74 Å². The number of esters is 1. The lowest BCUT2D eigenvalue weighted by Gasteiger charge is -2.08. The summed E-state index contributed by atoms with van der Waals surface area (Å²) in [7, 11) is 1.29. The lowest BCUT2D eigenvalue weighted by molar-refractivity contribution is 0.0600. The van der Waals surface area contributed by atoms with E-state index in [-0.39, 0.29) is 11.4 Å². The fourth-order valence-corrected chi connectivity index (χ4v) is 1.57. The van der Waals surface area contributed by atoms with Gasteiger partial charge < -0.3 is 10.5 Å². The SMILES string of the molecule is COC(=O)c1c(C)nc(-c2cccnc2)nc1N. The van der Waals surface area contributed by atoms with E-state index in [1.165, 1.54) is 7.11 Å². The number of hydrogen-bond donors (Lipinski definition) is 1. The number of ether oxygens (including phenoxy) is 1. The molecule has 0 aromatic carbocycles. The Hall–Kier alpha value is -2.50. The number of anilines is 1. The lowest BCUT2D eigenvalue weighted by Crippen LogP contribution is -2.12. The van der Waals surface area contributed by atoms with Gasteiger partial charge in [0.25, 0.3) is 0 Å². The normalized spacial score (nSPS) is 10.1. The summed E-state index contributed by atoms with van der Waals surface area (Å²) in [5.74, 6) is 0.00157. The van der Waals surface area contributed by atoms with E-state index in [1.54, 1.807) is 25.4 Å². The van der Waals surface area contributed by atoms with Gasteiger partial charge in [-0.3, -0.25) is 4.98 Å². The first-order valence-electron chi connectivity index (χ1n) is 5.26. The van der Waals surface area contributed by atoms with Crippen LogP contribution in [0.25, 0.3) is 11.4 Å². The summed E-state index contributed by atoms with van der Waals surface area (Å²) in [6.07, 6.45) is 3.29. The van der Waals surface area contributed by atoms with Crippen molar-refractivity contribution in [3.8, 4) is 11.4 Å². The van der Waals surface area contributed by atoms with Crippen molar-refractivity contribution in [2.75, 3.05) is 12.8 Å². The standard InChI is InChI=1S/C12H12N4O2/c1-7-9(12(17)18-2)10(13)16-11(15-7)8-4-3-5-14-6-8/h3-6H,1-2H3,(H2,13,15,16). The van der Waals surface area contributed by atoms with Crippen LogP contribution in [0.15, 0.2) is 24.5 Å². The molecule has 0 aliphatic carbocycles.